The van der Waals surface area contributed by atoms with Crippen molar-refractivity contribution in [3.8, 4) is 0 Å². The van der Waals surface area contributed by atoms with Gasteiger partial charge in [-0.3, -0.25) is 15.1 Å². The zero-order valence-electron chi connectivity index (χ0n) is 11.7. The minimum atomic E-state index is -0.0519. The SMILES string of the molecule is Cc1ccc(C(C)NCC(=O)NCc2cccnc2)o1. The molecule has 5 nitrogen and oxygen atoms in total. The van der Waals surface area contributed by atoms with Crippen molar-refractivity contribution in [1.82, 2.24) is 15.6 Å². The molecule has 2 aromatic heterocycles. The van der Waals surface area contributed by atoms with Gasteiger partial charge in [0.05, 0.1) is 12.6 Å². The molecule has 2 heterocycles. The van der Waals surface area contributed by atoms with Crippen molar-refractivity contribution in [2.75, 3.05) is 6.54 Å². The molecular formula is C15H19N3O2. The summed E-state index contributed by atoms with van der Waals surface area (Å²) in [7, 11) is 0. The number of amides is 1. The average Bonchev–Trinajstić information content (AvgIpc) is 2.90. The van der Waals surface area contributed by atoms with Crippen LogP contribution in [0.1, 0.15) is 30.0 Å². The Kier molecular flexibility index (Phi) is 4.90. The van der Waals surface area contributed by atoms with Crippen molar-refractivity contribution in [2.24, 2.45) is 0 Å². The topological polar surface area (TPSA) is 67.2 Å². The normalized spacial score (nSPS) is 12.1. The van der Waals surface area contributed by atoms with Gasteiger partial charge in [-0.15, -0.1) is 0 Å². The predicted molar refractivity (Wildman–Crippen MR) is 75.9 cm³/mol. The summed E-state index contributed by atoms with van der Waals surface area (Å²) in [6, 6.07) is 7.61. The first-order chi connectivity index (χ1) is 9.65. The van der Waals surface area contributed by atoms with Crippen LogP contribution in [0, 0.1) is 6.92 Å². The third kappa shape index (κ3) is 4.20. The predicted octanol–water partition coefficient (Wildman–Crippen LogP) is 1.95. The lowest BCUT2D eigenvalue weighted by Gasteiger charge is -2.11. The molecule has 0 aromatic carbocycles. The van der Waals surface area contributed by atoms with Crippen molar-refractivity contribution in [3.63, 3.8) is 0 Å². The minimum absolute atomic E-state index is 0.00726. The number of furan rings is 1. The van der Waals surface area contributed by atoms with Crippen LogP contribution < -0.4 is 10.6 Å². The third-order valence-electron chi connectivity index (χ3n) is 2.97. The molecule has 0 aliphatic carbocycles. The lowest BCUT2D eigenvalue weighted by molar-refractivity contribution is -0.120. The summed E-state index contributed by atoms with van der Waals surface area (Å²) in [5.74, 6) is 1.65. The molecule has 1 amide bonds. The molecule has 0 fully saturated rings. The van der Waals surface area contributed by atoms with E-state index in [0.717, 1.165) is 17.1 Å². The molecule has 0 aliphatic rings. The summed E-state index contributed by atoms with van der Waals surface area (Å²) in [6.07, 6.45) is 3.45. The highest BCUT2D eigenvalue weighted by atomic mass is 16.3. The maximum Gasteiger partial charge on any atom is 0.234 e. The van der Waals surface area contributed by atoms with Crippen molar-refractivity contribution in [2.45, 2.75) is 26.4 Å². The Morgan fingerprint density at radius 1 is 1.40 bits per heavy atom. The lowest BCUT2D eigenvalue weighted by atomic mass is 10.2. The third-order valence-corrected chi connectivity index (χ3v) is 2.97. The van der Waals surface area contributed by atoms with Gasteiger partial charge in [0.15, 0.2) is 0 Å². The van der Waals surface area contributed by atoms with Crippen LogP contribution in [-0.4, -0.2) is 17.4 Å². The smallest absolute Gasteiger partial charge is 0.234 e. The fraction of sp³-hybridized carbons (Fsp3) is 0.333. The van der Waals surface area contributed by atoms with Crippen LogP contribution in [0.4, 0.5) is 0 Å². The van der Waals surface area contributed by atoms with Gasteiger partial charge in [0.25, 0.3) is 0 Å². The quantitative estimate of drug-likeness (QED) is 0.844. The Morgan fingerprint density at radius 2 is 2.25 bits per heavy atom. The van der Waals surface area contributed by atoms with Crippen molar-refractivity contribution < 1.29 is 9.21 Å². The summed E-state index contributed by atoms with van der Waals surface area (Å²) < 4.78 is 5.50. The van der Waals surface area contributed by atoms with Crippen molar-refractivity contribution >= 4 is 5.91 Å². The fourth-order valence-electron chi connectivity index (χ4n) is 1.80. The summed E-state index contributed by atoms with van der Waals surface area (Å²) >= 11 is 0. The molecule has 0 spiro atoms. The molecule has 0 bridgehead atoms. The van der Waals surface area contributed by atoms with Gasteiger partial charge >= 0.3 is 0 Å². The van der Waals surface area contributed by atoms with E-state index in [1.807, 2.05) is 38.1 Å². The van der Waals surface area contributed by atoms with Gasteiger partial charge in [-0.05, 0) is 37.6 Å². The fourth-order valence-corrected chi connectivity index (χ4v) is 1.80. The van der Waals surface area contributed by atoms with Crippen molar-refractivity contribution in [3.05, 3.63) is 53.7 Å². The molecule has 0 saturated carbocycles. The molecule has 0 radical (unpaired) electrons. The second-order valence-corrected chi connectivity index (χ2v) is 4.69. The van der Waals surface area contributed by atoms with Gasteiger partial charge in [0.1, 0.15) is 11.5 Å². The highest BCUT2D eigenvalue weighted by Crippen LogP contribution is 2.14. The molecule has 5 heteroatoms. The largest absolute Gasteiger partial charge is 0.465 e. The molecule has 1 atom stereocenters. The standard InChI is InChI=1S/C15H19N3O2/c1-11-5-6-14(20-11)12(2)17-10-15(19)18-9-13-4-3-7-16-8-13/h3-8,12,17H,9-10H2,1-2H3,(H,18,19). The highest BCUT2D eigenvalue weighted by molar-refractivity contribution is 5.78. The zero-order valence-corrected chi connectivity index (χ0v) is 11.7. The van der Waals surface area contributed by atoms with E-state index in [0.29, 0.717) is 6.54 Å². The van der Waals surface area contributed by atoms with Crippen LogP contribution in [0.3, 0.4) is 0 Å². The van der Waals surface area contributed by atoms with E-state index in [-0.39, 0.29) is 18.5 Å². The van der Waals surface area contributed by atoms with Crippen LogP contribution in [0.2, 0.25) is 0 Å². The maximum atomic E-state index is 11.7. The van der Waals surface area contributed by atoms with Gasteiger partial charge in [-0.2, -0.15) is 0 Å². The van der Waals surface area contributed by atoms with Gasteiger partial charge in [-0.1, -0.05) is 6.07 Å². The number of carbonyl (C=O) groups excluding carboxylic acids is 1. The lowest BCUT2D eigenvalue weighted by Crippen LogP contribution is -2.34. The molecule has 2 rings (SSSR count). The number of nitrogens with zero attached hydrogens (tertiary/aromatic N) is 1. The first-order valence-corrected chi connectivity index (χ1v) is 6.60. The van der Waals surface area contributed by atoms with E-state index in [4.69, 9.17) is 4.42 Å². The van der Waals surface area contributed by atoms with Crippen molar-refractivity contribution in [1.29, 1.82) is 0 Å². The summed E-state index contributed by atoms with van der Waals surface area (Å²) in [4.78, 5) is 15.7. The van der Waals surface area contributed by atoms with Crippen LogP contribution in [0.15, 0.2) is 41.1 Å². The Labute approximate surface area is 118 Å². The molecule has 2 aromatic rings. The number of aromatic nitrogens is 1. The Hall–Kier alpha value is -2.14. The number of carbonyl (C=O) groups is 1. The van der Waals surface area contributed by atoms with E-state index in [9.17, 15) is 4.79 Å². The van der Waals surface area contributed by atoms with Gasteiger partial charge in [0, 0.05) is 18.9 Å². The van der Waals surface area contributed by atoms with E-state index in [1.165, 1.54) is 0 Å². The van der Waals surface area contributed by atoms with Crippen LogP contribution in [0.5, 0.6) is 0 Å². The molecule has 1 unspecified atom stereocenters. The van der Waals surface area contributed by atoms with Gasteiger partial charge in [-0.25, -0.2) is 0 Å². The molecule has 106 valence electrons. The number of hydrogen-bond acceptors (Lipinski definition) is 4. The van der Waals surface area contributed by atoms with Crippen LogP contribution >= 0.6 is 0 Å². The van der Waals surface area contributed by atoms with Crippen LogP contribution in [-0.2, 0) is 11.3 Å². The average molecular weight is 273 g/mol. The Balaban J connectivity index is 1.72. The van der Waals surface area contributed by atoms with E-state index in [2.05, 4.69) is 15.6 Å². The number of hydrogen-bond donors (Lipinski definition) is 2. The minimum Gasteiger partial charge on any atom is -0.465 e. The highest BCUT2D eigenvalue weighted by Gasteiger charge is 2.10. The Morgan fingerprint density at radius 3 is 2.90 bits per heavy atom. The first kappa shape index (κ1) is 14.3. The number of nitrogens with one attached hydrogen (secondary N) is 2. The van der Waals surface area contributed by atoms with Crippen LogP contribution in [0.25, 0.3) is 0 Å². The second-order valence-electron chi connectivity index (χ2n) is 4.69. The number of aryl methyl sites for hydroxylation is 1. The summed E-state index contributed by atoms with van der Waals surface area (Å²) in [6.45, 7) is 4.60. The molecule has 0 saturated heterocycles. The summed E-state index contributed by atoms with van der Waals surface area (Å²) in [5.41, 5.74) is 0.982. The van der Waals surface area contributed by atoms with E-state index < -0.39 is 0 Å². The Bertz CT molecular complexity index is 551. The first-order valence-electron chi connectivity index (χ1n) is 6.60. The van der Waals surface area contributed by atoms with E-state index >= 15 is 0 Å². The molecular weight excluding hydrogens is 254 g/mol. The summed E-state index contributed by atoms with van der Waals surface area (Å²) in [5, 5.41) is 5.97. The number of rotatable bonds is 6. The van der Waals surface area contributed by atoms with Gasteiger partial charge in [0.2, 0.25) is 5.91 Å². The maximum absolute atomic E-state index is 11.7. The number of pyridine rings is 1. The van der Waals surface area contributed by atoms with E-state index in [1.54, 1.807) is 12.4 Å². The second kappa shape index (κ2) is 6.86. The van der Waals surface area contributed by atoms with Gasteiger partial charge < -0.3 is 9.73 Å². The molecule has 20 heavy (non-hydrogen) atoms. The molecule has 2 N–H and O–H groups in total. The molecule has 0 aliphatic heterocycles. The monoisotopic (exact) mass is 273 g/mol. The zero-order chi connectivity index (χ0) is 14.4.